The first-order chi connectivity index (χ1) is 20.7. The number of allylic oxidation sites excluding steroid dienone is 1. The molecule has 3 aromatic carbocycles. The number of hydrogen-bond acceptors (Lipinski definition) is 8. The van der Waals surface area contributed by atoms with Crippen molar-refractivity contribution in [1.29, 1.82) is 0 Å². The molecule has 1 aliphatic rings. The summed E-state index contributed by atoms with van der Waals surface area (Å²) >= 11 is 8.30. The van der Waals surface area contributed by atoms with Gasteiger partial charge < -0.3 is 18.9 Å². The molecule has 0 saturated carbocycles. The molecule has 0 unspecified atom stereocenters. The summed E-state index contributed by atoms with van der Waals surface area (Å²) in [5.74, 6) is 1.20. The Morgan fingerprint density at radius 3 is 2.47 bits per heavy atom. The molecule has 222 valence electrons. The second kappa shape index (κ2) is 13.3. The zero-order valence-corrected chi connectivity index (χ0v) is 27.8. The second-order valence-corrected chi connectivity index (χ2v) is 12.3. The molecule has 0 saturated heterocycles. The maximum absolute atomic E-state index is 14.0. The van der Waals surface area contributed by atoms with Crippen molar-refractivity contribution in [3.05, 3.63) is 117 Å². The minimum absolute atomic E-state index is 0.185. The monoisotopic (exact) mass is 726 g/mol. The summed E-state index contributed by atoms with van der Waals surface area (Å²) in [6.07, 6.45) is 1.80. The molecule has 0 amide bonds. The lowest BCUT2D eigenvalue weighted by atomic mass is 9.95. The van der Waals surface area contributed by atoms with E-state index in [2.05, 4.69) is 36.9 Å². The molecule has 1 aliphatic heterocycles. The first kappa shape index (κ1) is 30.8. The van der Waals surface area contributed by atoms with Crippen molar-refractivity contribution in [3.63, 3.8) is 0 Å². The zero-order valence-electron chi connectivity index (χ0n) is 23.9. The van der Waals surface area contributed by atoms with Crippen molar-refractivity contribution in [2.45, 2.75) is 26.5 Å². The molecule has 0 fully saturated rings. The molecule has 1 atom stereocenters. The maximum Gasteiger partial charge on any atom is 0.338 e. The normalized spacial score (nSPS) is 14.7. The third-order valence-electron chi connectivity index (χ3n) is 6.81. The van der Waals surface area contributed by atoms with Crippen LogP contribution in [0.1, 0.15) is 36.6 Å². The predicted molar refractivity (Wildman–Crippen MR) is 173 cm³/mol. The molecule has 0 N–H and O–H groups in total. The SMILES string of the molecule is CCOC(=O)C1=C(C)N=c2s/c(=C\c3ccc(OCc4ccc(Br)cc4)c(Br)c3)c(=O)n2[C@@H]1c1ccc(OC)cc1OC. The summed E-state index contributed by atoms with van der Waals surface area (Å²) in [5, 5.41) is 0. The third kappa shape index (κ3) is 6.48. The highest BCUT2D eigenvalue weighted by Crippen LogP contribution is 2.37. The van der Waals surface area contributed by atoms with E-state index >= 15 is 0 Å². The number of carbonyl (C=O) groups excluding carboxylic acids is 1. The molecule has 4 aromatic rings. The second-order valence-electron chi connectivity index (χ2n) is 9.52. The van der Waals surface area contributed by atoms with Gasteiger partial charge in [-0.05, 0) is 83.4 Å². The summed E-state index contributed by atoms with van der Waals surface area (Å²) in [6, 6.07) is 18.1. The minimum atomic E-state index is -0.806. The molecule has 43 heavy (non-hydrogen) atoms. The van der Waals surface area contributed by atoms with Crippen LogP contribution in [0.4, 0.5) is 0 Å². The van der Waals surface area contributed by atoms with Crippen LogP contribution in [0.2, 0.25) is 0 Å². The Kier molecular flexibility index (Phi) is 9.53. The number of methoxy groups -OCH3 is 2. The average Bonchev–Trinajstić information content (AvgIpc) is 3.30. The molecule has 8 nitrogen and oxygen atoms in total. The molecule has 0 radical (unpaired) electrons. The Labute approximate surface area is 269 Å². The number of thiazole rings is 1. The number of carbonyl (C=O) groups is 1. The van der Waals surface area contributed by atoms with Crippen LogP contribution in [0.15, 0.2) is 90.7 Å². The van der Waals surface area contributed by atoms with Crippen molar-refractivity contribution in [2.75, 3.05) is 20.8 Å². The summed E-state index contributed by atoms with van der Waals surface area (Å²) < 4.78 is 26.2. The number of ether oxygens (including phenoxy) is 4. The Hall–Kier alpha value is -3.67. The van der Waals surface area contributed by atoms with Crippen LogP contribution >= 0.6 is 43.2 Å². The largest absolute Gasteiger partial charge is 0.497 e. The molecular formula is C32H28Br2N2O6S. The maximum atomic E-state index is 14.0. The number of rotatable bonds is 9. The van der Waals surface area contributed by atoms with Crippen LogP contribution in [0.25, 0.3) is 6.08 Å². The van der Waals surface area contributed by atoms with Crippen LogP contribution in [-0.4, -0.2) is 31.4 Å². The first-order valence-electron chi connectivity index (χ1n) is 13.3. The molecule has 2 heterocycles. The molecule has 0 spiro atoms. The van der Waals surface area contributed by atoms with Gasteiger partial charge in [0, 0.05) is 16.1 Å². The van der Waals surface area contributed by atoms with E-state index in [1.807, 2.05) is 42.5 Å². The topological polar surface area (TPSA) is 88.4 Å². The number of fused-ring (bicyclic) bond motifs is 1. The predicted octanol–water partition coefficient (Wildman–Crippen LogP) is 5.92. The fourth-order valence-electron chi connectivity index (χ4n) is 4.75. The number of aromatic nitrogens is 1. The minimum Gasteiger partial charge on any atom is -0.497 e. The van der Waals surface area contributed by atoms with Crippen molar-refractivity contribution < 1.29 is 23.7 Å². The lowest BCUT2D eigenvalue weighted by Gasteiger charge is -2.26. The van der Waals surface area contributed by atoms with Gasteiger partial charge in [-0.1, -0.05) is 45.5 Å². The number of esters is 1. The lowest BCUT2D eigenvalue weighted by molar-refractivity contribution is -0.139. The van der Waals surface area contributed by atoms with Crippen LogP contribution in [0, 0.1) is 0 Å². The van der Waals surface area contributed by atoms with Gasteiger partial charge >= 0.3 is 5.97 Å². The van der Waals surface area contributed by atoms with Crippen molar-refractivity contribution >= 4 is 55.2 Å². The van der Waals surface area contributed by atoms with Gasteiger partial charge in [0.15, 0.2) is 4.80 Å². The first-order valence-corrected chi connectivity index (χ1v) is 15.7. The Bertz CT molecular complexity index is 1900. The van der Waals surface area contributed by atoms with E-state index in [0.29, 0.717) is 44.4 Å². The van der Waals surface area contributed by atoms with Crippen LogP contribution in [0.5, 0.6) is 17.2 Å². The standard InChI is InChI=1S/C32H28Br2N2O6S/c1-5-41-31(38)28-18(2)35-32-36(29(28)23-12-11-22(39-3)16-26(23)40-4)30(37)27(43-32)15-20-8-13-25(24(34)14-20)42-17-19-6-9-21(33)10-7-19/h6-16,29H,5,17H2,1-4H3/b27-15-/t29-/m1/s1. The van der Waals surface area contributed by atoms with Gasteiger partial charge in [0.25, 0.3) is 5.56 Å². The van der Waals surface area contributed by atoms with Gasteiger partial charge in [0.2, 0.25) is 0 Å². The molecule has 11 heteroatoms. The van der Waals surface area contributed by atoms with E-state index in [1.54, 1.807) is 45.2 Å². The number of halogens is 2. The van der Waals surface area contributed by atoms with Gasteiger partial charge in [-0.2, -0.15) is 0 Å². The summed E-state index contributed by atoms with van der Waals surface area (Å²) in [6.45, 7) is 4.09. The van der Waals surface area contributed by atoms with Gasteiger partial charge in [-0.15, -0.1) is 0 Å². The Morgan fingerprint density at radius 1 is 1.02 bits per heavy atom. The highest BCUT2D eigenvalue weighted by atomic mass is 79.9. The number of hydrogen-bond donors (Lipinski definition) is 0. The molecule has 1 aromatic heterocycles. The molecular weight excluding hydrogens is 700 g/mol. The van der Waals surface area contributed by atoms with E-state index in [4.69, 9.17) is 18.9 Å². The Morgan fingerprint density at radius 2 is 1.79 bits per heavy atom. The molecule has 5 rings (SSSR count). The smallest absolute Gasteiger partial charge is 0.338 e. The van der Waals surface area contributed by atoms with Crippen LogP contribution in [-0.2, 0) is 16.1 Å². The molecule has 0 bridgehead atoms. The quantitative estimate of drug-likeness (QED) is 0.199. The van der Waals surface area contributed by atoms with Crippen LogP contribution in [0.3, 0.4) is 0 Å². The van der Waals surface area contributed by atoms with Gasteiger partial charge in [-0.25, -0.2) is 9.79 Å². The Balaban J connectivity index is 1.56. The summed E-state index contributed by atoms with van der Waals surface area (Å²) in [7, 11) is 3.10. The van der Waals surface area contributed by atoms with Crippen molar-refractivity contribution in [2.24, 2.45) is 4.99 Å². The average molecular weight is 728 g/mol. The van der Waals surface area contributed by atoms with Gasteiger partial charge in [-0.3, -0.25) is 9.36 Å². The van der Waals surface area contributed by atoms with E-state index < -0.39 is 12.0 Å². The van der Waals surface area contributed by atoms with Crippen molar-refractivity contribution in [3.8, 4) is 17.2 Å². The summed E-state index contributed by atoms with van der Waals surface area (Å²) in [5.41, 5.74) is 2.92. The number of nitrogens with zero attached hydrogens (tertiary/aromatic N) is 2. The summed E-state index contributed by atoms with van der Waals surface area (Å²) in [4.78, 5) is 32.3. The van der Waals surface area contributed by atoms with Crippen molar-refractivity contribution in [1.82, 2.24) is 4.57 Å². The van der Waals surface area contributed by atoms with E-state index in [0.717, 1.165) is 20.1 Å². The van der Waals surface area contributed by atoms with Crippen LogP contribution < -0.4 is 29.1 Å². The lowest BCUT2D eigenvalue weighted by Crippen LogP contribution is -2.40. The third-order valence-corrected chi connectivity index (χ3v) is 8.94. The highest BCUT2D eigenvalue weighted by molar-refractivity contribution is 9.10. The highest BCUT2D eigenvalue weighted by Gasteiger charge is 2.35. The number of benzene rings is 3. The fraction of sp³-hybridized carbons (Fsp3) is 0.219. The van der Waals surface area contributed by atoms with E-state index in [1.165, 1.54) is 23.0 Å². The molecule has 0 aliphatic carbocycles. The van der Waals surface area contributed by atoms with E-state index in [9.17, 15) is 9.59 Å². The zero-order chi connectivity index (χ0) is 30.7. The van der Waals surface area contributed by atoms with Gasteiger partial charge in [0.05, 0.1) is 41.1 Å². The van der Waals surface area contributed by atoms with E-state index in [-0.39, 0.29) is 17.7 Å². The van der Waals surface area contributed by atoms with Gasteiger partial charge in [0.1, 0.15) is 29.9 Å². The fourth-order valence-corrected chi connectivity index (χ4v) is 6.57.